The Morgan fingerprint density at radius 2 is 1.91 bits per heavy atom. The molecule has 2 bridgehead atoms. The Kier molecular flexibility index (Phi) is 5.65. The molecule has 2 aliphatic heterocycles. The van der Waals surface area contributed by atoms with Gasteiger partial charge in [-0.05, 0) is 62.4 Å². The predicted molar refractivity (Wildman–Crippen MR) is 128 cm³/mol. The molecule has 2 atom stereocenters. The standard InChI is InChI=1S/C25H26N3O7/c1-13-17-3-7-21(29)14(2)23(17)35-25(32)18(13)4-8-22(30)26-10-15-9-16(12-26)19-5-6-20(28(33)34)24(31)27(19)11-15/h3,5-7,15-16,29,33H,4,8-12H2,1-2H3/q-1. The Hall–Kier alpha value is -3.63. The highest BCUT2D eigenvalue weighted by molar-refractivity contribution is 5.85. The van der Waals surface area contributed by atoms with Gasteiger partial charge in [-0.2, -0.15) is 0 Å². The lowest BCUT2D eigenvalue weighted by Crippen LogP contribution is -2.49. The topological polar surface area (TPSA) is 139 Å². The maximum absolute atomic E-state index is 13.1. The average molecular weight is 480 g/mol. The quantitative estimate of drug-likeness (QED) is 0.429. The number of anilines is 1. The molecular weight excluding hydrogens is 454 g/mol. The highest BCUT2D eigenvalue weighted by atomic mass is 16.8. The summed E-state index contributed by atoms with van der Waals surface area (Å²) >= 11 is 0. The van der Waals surface area contributed by atoms with Crippen molar-refractivity contribution in [2.75, 3.05) is 18.3 Å². The number of amides is 1. The van der Waals surface area contributed by atoms with Crippen LogP contribution in [0.25, 0.3) is 11.0 Å². The van der Waals surface area contributed by atoms with Gasteiger partial charge < -0.3 is 29.4 Å². The second-order valence-electron chi connectivity index (χ2n) is 9.51. The smallest absolute Gasteiger partial charge is 0.339 e. The number of aryl methyl sites for hydroxylation is 2. The van der Waals surface area contributed by atoms with Crippen LogP contribution in [0.1, 0.15) is 41.1 Å². The van der Waals surface area contributed by atoms with Gasteiger partial charge in [-0.15, -0.1) is 0 Å². The van der Waals surface area contributed by atoms with E-state index in [0.29, 0.717) is 36.3 Å². The van der Waals surface area contributed by atoms with Crippen LogP contribution in [0.3, 0.4) is 0 Å². The number of carbonyl (C=O) groups excluding carboxylic acids is 1. The Morgan fingerprint density at radius 1 is 1.14 bits per heavy atom. The Morgan fingerprint density at radius 3 is 2.66 bits per heavy atom. The Labute approximate surface area is 200 Å². The minimum atomic E-state index is -0.531. The van der Waals surface area contributed by atoms with E-state index in [1.54, 1.807) is 30.0 Å². The van der Waals surface area contributed by atoms with E-state index in [2.05, 4.69) is 0 Å². The van der Waals surface area contributed by atoms with Gasteiger partial charge in [0, 0.05) is 54.2 Å². The molecule has 35 heavy (non-hydrogen) atoms. The summed E-state index contributed by atoms with van der Waals surface area (Å²) in [5, 5.41) is 30.7. The Bertz CT molecular complexity index is 1460. The fourth-order valence-electron chi connectivity index (χ4n) is 5.54. The molecule has 0 spiro atoms. The van der Waals surface area contributed by atoms with E-state index in [-0.39, 0.29) is 42.0 Å². The van der Waals surface area contributed by atoms with Gasteiger partial charge in [0.15, 0.2) is 0 Å². The van der Waals surface area contributed by atoms with Gasteiger partial charge in [0.2, 0.25) is 5.91 Å². The first-order valence-corrected chi connectivity index (χ1v) is 11.6. The van der Waals surface area contributed by atoms with E-state index in [9.17, 15) is 29.9 Å². The molecule has 0 saturated carbocycles. The van der Waals surface area contributed by atoms with Crippen LogP contribution in [0.5, 0.6) is 5.75 Å². The normalized spacial score (nSPS) is 19.0. The maximum Gasteiger partial charge on any atom is 0.339 e. The molecule has 2 N–H and O–H groups in total. The molecule has 4 heterocycles. The molecule has 1 saturated heterocycles. The monoisotopic (exact) mass is 480 g/mol. The minimum Gasteiger partial charge on any atom is -0.733 e. The third-order valence-corrected chi connectivity index (χ3v) is 7.41. The predicted octanol–water partition coefficient (Wildman–Crippen LogP) is 2.55. The molecule has 2 aromatic heterocycles. The van der Waals surface area contributed by atoms with Crippen molar-refractivity contribution in [3.8, 4) is 5.75 Å². The lowest BCUT2D eigenvalue weighted by Gasteiger charge is -2.43. The van der Waals surface area contributed by atoms with Crippen LogP contribution in [0.15, 0.2) is 38.3 Å². The molecule has 1 aromatic carbocycles. The summed E-state index contributed by atoms with van der Waals surface area (Å²) in [6, 6.07) is 6.25. The summed E-state index contributed by atoms with van der Waals surface area (Å²) in [6.07, 6.45) is 1.22. The lowest BCUT2D eigenvalue weighted by molar-refractivity contribution is -0.133. The zero-order chi connectivity index (χ0) is 25.0. The first-order valence-electron chi connectivity index (χ1n) is 11.6. The van der Waals surface area contributed by atoms with Crippen molar-refractivity contribution in [2.45, 2.75) is 45.6 Å². The van der Waals surface area contributed by atoms with Gasteiger partial charge in [-0.1, -0.05) is 0 Å². The summed E-state index contributed by atoms with van der Waals surface area (Å²) in [4.78, 5) is 40.2. The number of rotatable bonds is 4. The molecule has 10 nitrogen and oxygen atoms in total. The summed E-state index contributed by atoms with van der Waals surface area (Å²) in [6.45, 7) is 4.80. The second-order valence-corrected chi connectivity index (χ2v) is 9.51. The number of aromatic nitrogens is 1. The first kappa shape index (κ1) is 23.1. The number of hydrogen-bond acceptors (Lipinski definition) is 8. The van der Waals surface area contributed by atoms with Crippen molar-refractivity contribution >= 4 is 22.6 Å². The largest absolute Gasteiger partial charge is 0.733 e. The third kappa shape index (κ3) is 3.88. The van der Waals surface area contributed by atoms with Gasteiger partial charge >= 0.3 is 5.63 Å². The summed E-state index contributed by atoms with van der Waals surface area (Å²) in [5.41, 5.74) is 1.43. The van der Waals surface area contributed by atoms with Crippen molar-refractivity contribution in [3.63, 3.8) is 0 Å². The van der Waals surface area contributed by atoms with Crippen LogP contribution in [-0.4, -0.2) is 38.8 Å². The van der Waals surface area contributed by atoms with Crippen LogP contribution in [0.4, 0.5) is 5.69 Å². The molecule has 10 heteroatoms. The summed E-state index contributed by atoms with van der Waals surface area (Å²) < 4.78 is 7.01. The van der Waals surface area contributed by atoms with Gasteiger partial charge in [-0.3, -0.25) is 14.8 Å². The van der Waals surface area contributed by atoms with Crippen LogP contribution < -0.4 is 16.4 Å². The molecule has 1 amide bonds. The number of nitrogens with zero attached hydrogens (tertiary/aromatic N) is 3. The maximum atomic E-state index is 13.1. The average Bonchev–Trinajstić information content (AvgIpc) is 2.81. The van der Waals surface area contributed by atoms with E-state index in [1.165, 1.54) is 10.6 Å². The summed E-state index contributed by atoms with van der Waals surface area (Å²) in [5.74, 6) is -0.00964. The zero-order valence-electron chi connectivity index (χ0n) is 19.5. The van der Waals surface area contributed by atoms with Gasteiger partial charge in [0.1, 0.15) is 17.0 Å². The molecule has 184 valence electrons. The number of carbonyl (C=O) groups is 1. The number of hydrogen-bond donors (Lipinski definition) is 2. The second kappa shape index (κ2) is 8.54. The van der Waals surface area contributed by atoms with E-state index in [0.717, 1.165) is 23.1 Å². The van der Waals surface area contributed by atoms with Crippen molar-refractivity contribution in [3.05, 3.63) is 72.6 Å². The molecule has 1 fully saturated rings. The number of aromatic hydroxyl groups is 1. The number of fused-ring (bicyclic) bond motifs is 5. The number of benzene rings is 1. The molecule has 0 radical (unpaired) electrons. The molecule has 0 aliphatic carbocycles. The van der Waals surface area contributed by atoms with Crippen LogP contribution in [-0.2, 0) is 17.8 Å². The molecule has 2 aliphatic rings. The zero-order valence-corrected chi connectivity index (χ0v) is 19.5. The highest BCUT2D eigenvalue weighted by Crippen LogP contribution is 2.36. The van der Waals surface area contributed by atoms with Crippen molar-refractivity contribution in [1.82, 2.24) is 9.47 Å². The van der Waals surface area contributed by atoms with E-state index in [1.807, 2.05) is 6.92 Å². The van der Waals surface area contributed by atoms with Crippen LogP contribution >= 0.6 is 0 Å². The fraction of sp³-hybridized carbons (Fsp3) is 0.400. The molecular formula is C25H26N3O7-. The van der Waals surface area contributed by atoms with Gasteiger partial charge in [-0.25, -0.2) is 4.79 Å². The van der Waals surface area contributed by atoms with E-state index in [4.69, 9.17) is 4.42 Å². The van der Waals surface area contributed by atoms with E-state index < -0.39 is 16.4 Å². The van der Waals surface area contributed by atoms with Crippen LogP contribution in [0.2, 0.25) is 0 Å². The number of phenols is 1. The molecule has 2 unspecified atom stereocenters. The van der Waals surface area contributed by atoms with Crippen molar-refractivity contribution in [1.29, 1.82) is 0 Å². The number of likely N-dealkylation sites (tertiary alicyclic amines) is 1. The summed E-state index contributed by atoms with van der Waals surface area (Å²) in [7, 11) is 0. The number of piperidine rings is 1. The van der Waals surface area contributed by atoms with Crippen LogP contribution in [0, 0.1) is 25.0 Å². The van der Waals surface area contributed by atoms with Crippen molar-refractivity contribution in [2.24, 2.45) is 5.92 Å². The van der Waals surface area contributed by atoms with Gasteiger partial charge in [0.25, 0.3) is 5.56 Å². The highest BCUT2D eigenvalue weighted by Gasteiger charge is 2.36. The fourth-order valence-corrected chi connectivity index (χ4v) is 5.54. The molecule has 3 aromatic rings. The Balaban J connectivity index is 1.34. The first-order chi connectivity index (χ1) is 16.7. The SMILES string of the molecule is Cc1c(CCC(=O)N2CC3CC(C2)c2ccc(N([O-])O)c(=O)n2C3)c(=O)oc2c(C)c(O)ccc12. The van der Waals surface area contributed by atoms with Gasteiger partial charge in [0.05, 0.1) is 0 Å². The number of phenolic OH excluding ortho intramolecular Hbond substituents is 1. The third-order valence-electron chi connectivity index (χ3n) is 7.41. The minimum absolute atomic E-state index is 0.0462. The molecule has 5 rings (SSSR count). The lowest BCUT2D eigenvalue weighted by atomic mass is 9.83. The number of pyridine rings is 1. The van der Waals surface area contributed by atoms with Crippen molar-refractivity contribution < 1.29 is 19.5 Å². The van der Waals surface area contributed by atoms with E-state index >= 15 is 0 Å².